The van der Waals surface area contributed by atoms with Gasteiger partial charge in [0.1, 0.15) is 0 Å². The van der Waals surface area contributed by atoms with Gasteiger partial charge >= 0.3 is 0 Å². The number of ether oxygens (including phenoxy) is 1. The molecule has 3 nitrogen and oxygen atoms in total. The summed E-state index contributed by atoms with van der Waals surface area (Å²) < 4.78 is 5.45. The van der Waals surface area contributed by atoms with Gasteiger partial charge in [0.25, 0.3) is 0 Å². The third-order valence-corrected chi connectivity index (χ3v) is 4.79. The minimum atomic E-state index is 0.155. The van der Waals surface area contributed by atoms with Crippen LogP contribution in [0.4, 0.5) is 0 Å². The molecule has 1 atom stereocenters. The first-order valence-corrected chi connectivity index (χ1v) is 8.08. The molecule has 1 aromatic rings. The fourth-order valence-corrected chi connectivity index (χ4v) is 3.64. The van der Waals surface area contributed by atoms with Crippen LogP contribution in [-0.2, 0) is 16.6 Å². The van der Waals surface area contributed by atoms with Gasteiger partial charge in [-0.1, -0.05) is 20.8 Å². The number of aromatic nitrogens is 1. The smallest absolute Gasteiger partial charge is 0.0944 e. The lowest BCUT2D eigenvalue weighted by Crippen LogP contribution is -2.38. The molecular formula is C15H26N2OS. The van der Waals surface area contributed by atoms with Crippen LogP contribution < -0.4 is 5.32 Å². The van der Waals surface area contributed by atoms with Gasteiger partial charge in [-0.25, -0.2) is 4.98 Å². The number of nitrogens with zero attached hydrogens (tertiary/aromatic N) is 1. The molecule has 0 radical (unpaired) electrons. The molecule has 0 aromatic carbocycles. The highest BCUT2D eigenvalue weighted by atomic mass is 32.1. The van der Waals surface area contributed by atoms with Crippen molar-refractivity contribution in [3.8, 4) is 0 Å². The van der Waals surface area contributed by atoms with Crippen molar-refractivity contribution in [3.05, 3.63) is 16.1 Å². The van der Waals surface area contributed by atoms with Crippen LogP contribution in [0, 0.1) is 5.92 Å². The van der Waals surface area contributed by atoms with E-state index in [2.05, 4.69) is 38.5 Å². The third-order valence-electron chi connectivity index (χ3n) is 3.92. The van der Waals surface area contributed by atoms with Crippen LogP contribution in [0.15, 0.2) is 5.38 Å². The second-order valence-corrected chi connectivity index (χ2v) is 7.37. The molecule has 2 rings (SSSR count). The number of hydrogen-bond acceptors (Lipinski definition) is 4. The van der Waals surface area contributed by atoms with Crippen molar-refractivity contribution < 1.29 is 4.74 Å². The Balaban J connectivity index is 1.99. The van der Waals surface area contributed by atoms with Gasteiger partial charge < -0.3 is 10.1 Å². The Hall–Kier alpha value is -0.450. The van der Waals surface area contributed by atoms with Crippen LogP contribution in [0.25, 0.3) is 0 Å². The molecule has 1 N–H and O–H groups in total. The Kier molecular flexibility index (Phi) is 4.98. The van der Waals surface area contributed by atoms with Crippen molar-refractivity contribution in [2.75, 3.05) is 20.3 Å². The van der Waals surface area contributed by atoms with Gasteiger partial charge in [0, 0.05) is 36.5 Å². The van der Waals surface area contributed by atoms with E-state index in [1.54, 1.807) is 11.3 Å². The lowest BCUT2D eigenvalue weighted by molar-refractivity contribution is 0.0547. The molecule has 4 heteroatoms. The first kappa shape index (κ1) is 14.9. The summed E-state index contributed by atoms with van der Waals surface area (Å²) in [6.45, 7) is 8.49. The molecule has 19 heavy (non-hydrogen) atoms. The van der Waals surface area contributed by atoms with Crippen LogP contribution in [0.2, 0.25) is 0 Å². The Labute approximate surface area is 120 Å². The van der Waals surface area contributed by atoms with E-state index in [1.807, 2.05) is 0 Å². The monoisotopic (exact) mass is 282 g/mol. The normalized spacial score (nSPS) is 19.6. The molecule has 1 aromatic heterocycles. The Morgan fingerprint density at radius 3 is 2.63 bits per heavy atom. The molecule has 1 fully saturated rings. The van der Waals surface area contributed by atoms with E-state index < -0.39 is 0 Å². The van der Waals surface area contributed by atoms with Crippen molar-refractivity contribution in [1.29, 1.82) is 0 Å². The van der Waals surface area contributed by atoms with Gasteiger partial charge in [-0.15, -0.1) is 11.3 Å². The second kappa shape index (κ2) is 6.33. The first-order valence-electron chi connectivity index (χ1n) is 7.20. The van der Waals surface area contributed by atoms with Crippen molar-refractivity contribution in [2.24, 2.45) is 5.92 Å². The summed E-state index contributed by atoms with van der Waals surface area (Å²) in [6.07, 6.45) is 3.38. The summed E-state index contributed by atoms with van der Waals surface area (Å²) in [7, 11) is 2.07. The topological polar surface area (TPSA) is 34.2 Å². The van der Waals surface area contributed by atoms with Crippen molar-refractivity contribution >= 4 is 11.3 Å². The van der Waals surface area contributed by atoms with Crippen molar-refractivity contribution in [3.63, 3.8) is 0 Å². The summed E-state index contributed by atoms with van der Waals surface area (Å²) in [5, 5.41) is 6.95. The van der Waals surface area contributed by atoms with E-state index in [-0.39, 0.29) is 5.41 Å². The molecule has 1 aliphatic heterocycles. The molecule has 1 unspecified atom stereocenters. The molecule has 108 valence electrons. The molecule has 2 heterocycles. The molecule has 1 saturated heterocycles. The number of nitrogens with one attached hydrogen (secondary N) is 1. The number of rotatable bonds is 4. The molecule has 0 amide bonds. The highest BCUT2D eigenvalue weighted by molar-refractivity contribution is 7.09. The minimum absolute atomic E-state index is 0.155. The standard InChI is InChI=1S/C15H26N2OS/c1-15(2,3)13-10-19-14(17-13)9-12(16-4)11-5-7-18-8-6-11/h10-12,16H,5-9H2,1-4H3. The van der Waals surface area contributed by atoms with Gasteiger partial charge in [0.2, 0.25) is 0 Å². The van der Waals surface area contributed by atoms with Crippen LogP contribution in [0.3, 0.4) is 0 Å². The van der Waals surface area contributed by atoms with Crippen LogP contribution in [0.5, 0.6) is 0 Å². The predicted molar refractivity (Wildman–Crippen MR) is 80.9 cm³/mol. The van der Waals surface area contributed by atoms with E-state index in [0.717, 1.165) is 25.6 Å². The fraction of sp³-hybridized carbons (Fsp3) is 0.800. The summed E-state index contributed by atoms with van der Waals surface area (Å²) in [5.74, 6) is 0.723. The Bertz CT molecular complexity index is 391. The average molecular weight is 282 g/mol. The fourth-order valence-electron chi connectivity index (χ4n) is 2.56. The SMILES string of the molecule is CNC(Cc1nc(C(C)(C)C)cs1)C1CCOCC1. The van der Waals surface area contributed by atoms with Crippen molar-refractivity contribution in [2.45, 2.75) is 51.5 Å². The minimum Gasteiger partial charge on any atom is -0.381 e. The van der Waals surface area contributed by atoms with Gasteiger partial charge in [0.05, 0.1) is 10.7 Å². The molecular weight excluding hydrogens is 256 g/mol. The van der Waals surface area contributed by atoms with Gasteiger partial charge in [-0.05, 0) is 25.8 Å². The third kappa shape index (κ3) is 4.01. The quantitative estimate of drug-likeness (QED) is 0.922. The van der Waals surface area contributed by atoms with Gasteiger partial charge in [-0.2, -0.15) is 0 Å². The maximum absolute atomic E-state index is 5.45. The summed E-state index contributed by atoms with van der Waals surface area (Å²) >= 11 is 1.80. The largest absolute Gasteiger partial charge is 0.381 e. The highest BCUT2D eigenvalue weighted by Gasteiger charge is 2.25. The van der Waals surface area contributed by atoms with E-state index >= 15 is 0 Å². The number of thiazole rings is 1. The maximum Gasteiger partial charge on any atom is 0.0944 e. The maximum atomic E-state index is 5.45. The average Bonchev–Trinajstić information content (AvgIpc) is 2.85. The van der Waals surface area contributed by atoms with E-state index in [9.17, 15) is 0 Å². The zero-order valence-electron chi connectivity index (χ0n) is 12.5. The number of hydrogen-bond donors (Lipinski definition) is 1. The van der Waals surface area contributed by atoms with Gasteiger partial charge in [0.15, 0.2) is 0 Å². The molecule has 0 saturated carbocycles. The van der Waals surface area contributed by atoms with Crippen molar-refractivity contribution in [1.82, 2.24) is 10.3 Å². The van der Waals surface area contributed by atoms with Gasteiger partial charge in [-0.3, -0.25) is 0 Å². The summed E-state index contributed by atoms with van der Waals surface area (Å²) in [4.78, 5) is 4.81. The van der Waals surface area contributed by atoms with E-state index in [0.29, 0.717) is 6.04 Å². The summed E-state index contributed by atoms with van der Waals surface area (Å²) in [5.41, 5.74) is 1.37. The van der Waals surface area contributed by atoms with E-state index in [1.165, 1.54) is 23.5 Å². The zero-order valence-corrected chi connectivity index (χ0v) is 13.3. The first-order chi connectivity index (χ1) is 9.00. The molecule has 1 aliphatic rings. The second-order valence-electron chi connectivity index (χ2n) is 6.43. The lowest BCUT2D eigenvalue weighted by Gasteiger charge is -2.29. The summed E-state index contributed by atoms with van der Waals surface area (Å²) in [6, 6.07) is 0.530. The Morgan fingerprint density at radius 1 is 1.42 bits per heavy atom. The molecule has 0 bridgehead atoms. The zero-order chi connectivity index (χ0) is 13.9. The van der Waals surface area contributed by atoms with Crippen LogP contribution in [-0.4, -0.2) is 31.3 Å². The Morgan fingerprint density at radius 2 is 2.11 bits per heavy atom. The predicted octanol–water partition coefficient (Wildman–Crippen LogP) is 3.00. The van der Waals surface area contributed by atoms with Crippen LogP contribution in [0.1, 0.15) is 44.3 Å². The van der Waals surface area contributed by atoms with Crippen LogP contribution >= 0.6 is 11.3 Å². The molecule has 0 spiro atoms. The number of likely N-dealkylation sites (N-methyl/N-ethyl adjacent to an activating group) is 1. The lowest BCUT2D eigenvalue weighted by atomic mass is 9.90. The van der Waals surface area contributed by atoms with E-state index in [4.69, 9.17) is 9.72 Å². The highest BCUT2D eigenvalue weighted by Crippen LogP contribution is 2.26. The molecule has 0 aliphatic carbocycles.